The van der Waals surface area contributed by atoms with Crippen LogP contribution in [0.15, 0.2) is 22.7 Å². The summed E-state index contributed by atoms with van der Waals surface area (Å²) in [4.78, 5) is 28.7. The van der Waals surface area contributed by atoms with Gasteiger partial charge in [0.1, 0.15) is 0 Å². The number of aromatic nitrogens is 1. The van der Waals surface area contributed by atoms with Crippen molar-refractivity contribution in [2.24, 2.45) is 0 Å². The van der Waals surface area contributed by atoms with Gasteiger partial charge in [-0.15, -0.1) is 23.1 Å². The van der Waals surface area contributed by atoms with Crippen LogP contribution in [-0.2, 0) is 14.3 Å². The number of thiazole rings is 1. The molecule has 5 nitrogen and oxygen atoms in total. The molecule has 2 aliphatic rings. The Bertz CT molecular complexity index is 541. The summed E-state index contributed by atoms with van der Waals surface area (Å²) in [6, 6.07) is 0. The summed E-state index contributed by atoms with van der Waals surface area (Å²) < 4.78 is 5.36. The SMILES string of the molecule is CC(=O)OC(C1=CN2C(=O)CC2SC1)c1cscn1. The minimum atomic E-state index is -0.481. The van der Waals surface area contributed by atoms with Crippen LogP contribution >= 0.6 is 23.1 Å². The number of esters is 1. The molecule has 100 valence electrons. The summed E-state index contributed by atoms with van der Waals surface area (Å²) >= 11 is 3.16. The van der Waals surface area contributed by atoms with E-state index in [1.54, 1.807) is 22.2 Å². The molecule has 1 fully saturated rings. The van der Waals surface area contributed by atoms with Gasteiger partial charge in [-0.1, -0.05) is 0 Å². The monoisotopic (exact) mass is 296 g/mol. The van der Waals surface area contributed by atoms with Gasteiger partial charge in [-0.3, -0.25) is 9.59 Å². The summed E-state index contributed by atoms with van der Waals surface area (Å²) in [6.45, 7) is 1.38. The molecule has 2 atom stereocenters. The van der Waals surface area contributed by atoms with E-state index < -0.39 is 6.10 Å². The van der Waals surface area contributed by atoms with E-state index in [0.29, 0.717) is 6.42 Å². The number of hydrogen-bond acceptors (Lipinski definition) is 6. The fourth-order valence-corrected chi connectivity index (χ4v) is 3.87. The summed E-state index contributed by atoms with van der Waals surface area (Å²) in [6.07, 6.45) is 1.94. The van der Waals surface area contributed by atoms with Crippen molar-refractivity contribution in [2.75, 3.05) is 5.75 Å². The van der Waals surface area contributed by atoms with Gasteiger partial charge in [-0.05, 0) is 0 Å². The number of β-lactam (4-membered cyclic amide) rings is 1. The Kier molecular flexibility index (Phi) is 3.32. The molecule has 1 saturated heterocycles. The molecule has 0 aromatic carbocycles. The average Bonchev–Trinajstić information content (AvgIpc) is 2.88. The number of hydrogen-bond donors (Lipinski definition) is 0. The topological polar surface area (TPSA) is 59.5 Å². The van der Waals surface area contributed by atoms with Crippen LogP contribution in [-0.4, -0.2) is 32.9 Å². The molecule has 3 rings (SSSR count). The van der Waals surface area contributed by atoms with Crippen LogP contribution in [0.3, 0.4) is 0 Å². The molecule has 0 aliphatic carbocycles. The zero-order valence-corrected chi connectivity index (χ0v) is 11.9. The van der Waals surface area contributed by atoms with Crippen LogP contribution in [0.2, 0.25) is 0 Å². The van der Waals surface area contributed by atoms with Gasteiger partial charge in [0.25, 0.3) is 0 Å². The number of fused-ring (bicyclic) bond motifs is 1. The first-order valence-corrected chi connectivity index (χ1v) is 7.83. The summed E-state index contributed by atoms with van der Waals surface area (Å²) in [5, 5.41) is 2.12. The lowest BCUT2D eigenvalue weighted by Gasteiger charge is -2.41. The first kappa shape index (κ1) is 12.7. The van der Waals surface area contributed by atoms with Crippen LogP contribution in [0.1, 0.15) is 25.1 Å². The quantitative estimate of drug-likeness (QED) is 0.630. The maximum atomic E-state index is 11.5. The Morgan fingerprint density at radius 3 is 3.11 bits per heavy atom. The van der Waals surface area contributed by atoms with E-state index in [9.17, 15) is 9.59 Å². The van der Waals surface area contributed by atoms with Crippen LogP contribution in [0.4, 0.5) is 0 Å². The van der Waals surface area contributed by atoms with E-state index in [4.69, 9.17) is 4.74 Å². The lowest BCUT2D eigenvalue weighted by Crippen LogP contribution is -2.49. The van der Waals surface area contributed by atoms with Gasteiger partial charge in [0.15, 0.2) is 6.10 Å². The standard InChI is InChI=1S/C12H12N2O3S2/c1-7(15)17-12(9-5-18-6-13-9)8-3-14-10(16)2-11(14)19-4-8/h3,5-6,11-12H,2,4H2,1H3. The van der Waals surface area contributed by atoms with Crippen molar-refractivity contribution in [3.63, 3.8) is 0 Å². The molecule has 0 bridgehead atoms. The third-order valence-corrected chi connectivity index (χ3v) is 4.92. The number of rotatable bonds is 3. The van der Waals surface area contributed by atoms with E-state index in [2.05, 4.69) is 4.98 Å². The van der Waals surface area contributed by atoms with E-state index in [1.807, 2.05) is 11.6 Å². The number of thioether (sulfide) groups is 1. The molecule has 1 aromatic heterocycles. The second-order valence-corrected chi connectivity index (χ2v) is 6.26. The van der Waals surface area contributed by atoms with Gasteiger partial charge in [0.05, 0.1) is 23.0 Å². The smallest absolute Gasteiger partial charge is 0.303 e. The predicted octanol–water partition coefficient (Wildman–Crippen LogP) is 1.94. The molecule has 2 aliphatic heterocycles. The van der Waals surface area contributed by atoms with Crippen molar-refractivity contribution in [3.05, 3.63) is 28.4 Å². The van der Waals surface area contributed by atoms with Crippen molar-refractivity contribution >= 4 is 35.0 Å². The molecule has 1 aromatic rings. The zero-order chi connectivity index (χ0) is 13.4. The number of ether oxygens (including phenoxy) is 1. The minimum absolute atomic E-state index is 0.120. The summed E-state index contributed by atoms with van der Waals surface area (Å²) in [5.74, 6) is 0.528. The largest absolute Gasteiger partial charge is 0.451 e. The first-order chi connectivity index (χ1) is 9.15. The van der Waals surface area contributed by atoms with E-state index in [-0.39, 0.29) is 17.3 Å². The number of nitrogens with zero attached hydrogens (tertiary/aromatic N) is 2. The van der Waals surface area contributed by atoms with Crippen molar-refractivity contribution < 1.29 is 14.3 Å². The molecule has 0 saturated carbocycles. The van der Waals surface area contributed by atoms with Gasteiger partial charge in [0.2, 0.25) is 5.91 Å². The zero-order valence-electron chi connectivity index (χ0n) is 10.2. The third-order valence-electron chi connectivity index (χ3n) is 3.04. The molecule has 7 heteroatoms. The van der Waals surface area contributed by atoms with E-state index in [0.717, 1.165) is 17.0 Å². The molecule has 0 spiro atoms. The highest BCUT2D eigenvalue weighted by Crippen LogP contribution is 2.40. The van der Waals surface area contributed by atoms with E-state index >= 15 is 0 Å². The molecule has 1 amide bonds. The first-order valence-electron chi connectivity index (χ1n) is 5.84. The maximum Gasteiger partial charge on any atom is 0.303 e. The normalized spacial score (nSPS) is 23.2. The van der Waals surface area contributed by atoms with Crippen molar-refractivity contribution in [2.45, 2.75) is 24.8 Å². The van der Waals surface area contributed by atoms with Gasteiger partial charge in [0, 0.05) is 29.8 Å². The van der Waals surface area contributed by atoms with Crippen molar-refractivity contribution in [1.82, 2.24) is 9.88 Å². The molecule has 0 N–H and O–H groups in total. The second-order valence-electron chi connectivity index (χ2n) is 4.38. The highest BCUT2D eigenvalue weighted by Gasteiger charge is 2.39. The number of carbonyl (C=O) groups excluding carboxylic acids is 2. The maximum absolute atomic E-state index is 11.5. The van der Waals surface area contributed by atoms with Gasteiger partial charge in [-0.25, -0.2) is 4.98 Å². The van der Waals surface area contributed by atoms with Crippen LogP contribution in [0, 0.1) is 0 Å². The van der Waals surface area contributed by atoms with Crippen LogP contribution in [0.5, 0.6) is 0 Å². The highest BCUT2D eigenvalue weighted by atomic mass is 32.2. The molecule has 2 unspecified atom stereocenters. The lowest BCUT2D eigenvalue weighted by atomic mass is 10.1. The molecule has 19 heavy (non-hydrogen) atoms. The van der Waals surface area contributed by atoms with Gasteiger partial charge in [-0.2, -0.15) is 0 Å². The van der Waals surface area contributed by atoms with E-state index in [1.165, 1.54) is 18.3 Å². The highest BCUT2D eigenvalue weighted by molar-refractivity contribution is 8.00. The Hall–Kier alpha value is -1.34. The predicted molar refractivity (Wildman–Crippen MR) is 72.4 cm³/mol. The summed E-state index contributed by atoms with van der Waals surface area (Å²) in [5.41, 5.74) is 3.34. The fraction of sp³-hybridized carbons (Fsp3) is 0.417. The van der Waals surface area contributed by atoms with Gasteiger partial charge >= 0.3 is 5.97 Å². The van der Waals surface area contributed by atoms with Crippen molar-refractivity contribution in [1.29, 1.82) is 0 Å². The lowest BCUT2D eigenvalue weighted by molar-refractivity contribution is -0.145. The Morgan fingerprint density at radius 1 is 1.63 bits per heavy atom. The van der Waals surface area contributed by atoms with Crippen molar-refractivity contribution in [3.8, 4) is 0 Å². The summed E-state index contributed by atoms with van der Waals surface area (Å²) in [7, 11) is 0. The Labute approximate surface area is 118 Å². The average molecular weight is 296 g/mol. The fourth-order valence-electron chi connectivity index (χ4n) is 2.09. The molecule has 0 radical (unpaired) electrons. The van der Waals surface area contributed by atoms with Gasteiger partial charge < -0.3 is 9.64 Å². The van der Waals surface area contributed by atoms with Crippen LogP contribution < -0.4 is 0 Å². The minimum Gasteiger partial charge on any atom is -0.451 e. The second kappa shape index (κ2) is 4.97. The molecular weight excluding hydrogens is 284 g/mol. The Morgan fingerprint density at radius 2 is 2.47 bits per heavy atom. The number of carbonyl (C=O) groups is 2. The number of amides is 1. The third kappa shape index (κ3) is 2.40. The Balaban J connectivity index is 1.87. The molecular formula is C12H12N2O3S2. The molecule has 3 heterocycles. The van der Waals surface area contributed by atoms with Crippen LogP contribution in [0.25, 0.3) is 0 Å².